The summed E-state index contributed by atoms with van der Waals surface area (Å²) in [5.74, 6) is -0.446. The minimum absolute atomic E-state index is 0.0412. The minimum atomic E-state index is -0.404. The topological polar surface area (TPSA) is 69.6 Å². The van der Waals surface area contributed by atoms with Crippen molar-refractivity contribution in [1.82, 2.24) is 10.2 Å². The smallest absolute Gasteiger partial charge is 0.253 e. The monoisotopic (exact) mass is 398 g/mol. The van der Waals surface area contributed by atoms with Gasteiger partial charge in [-0.1, -0.05) is 31.2 Å². The van der Waals surface area contributed by atoms with Crippen molar-refractivity contribution >= 4 is 11.8 Å². The van der Waals surface area contributed by atoms with E-state index in [1.165, 1.54) is 6.07 Å². The number of amides is 2. The lowest BCUT2D eigenvalue weighted by atomic mass is 10.0. The van der Waals surface area contributed by atoms with Crippen LogP contribution in [0.15, 0.2) is 42.5 Å². The number of halogens is 1. The molecule has 0 bridgehead atoms. The molecule has 5 nitrogen and oxygen atoms in total. The van der Waals surface area contributed by atoms with Crippen molar-refractivity contribution in [1.29, 1.82) is 0 Å². The molecule has 0 saturated heterocycles. The Bertz CT molecular complexity index is 882. The zero-order valence-corrected chi connectivity index (χ0v) is 16.8. The Morgan fingerprint density at radius 1 is 1.17 bits per heavy atom. The van der Waals surface area contributed by atoms with E-state index >= 15 is 0 Å². The number of carbonyl (C=O) groups excluding carboxylic acids is 2. The van der Waals surface area contributed by atoms with Gasteiger partial charge < -0.3 is 15.3 Å². The fourth-order valence-corrected chi connectivity index (χ4v) is 3.82. The number of aliphatic hydroxyl groups excluding tert-OH is 1. The number of hydrogen-bond acceptors (Lipinski definition) is 3. The molecule has 29 heavy (non-hydrogen) atoms. The first-order valence-electron chi connectivity index (χ1n) is 9.99. The summed E-state index contributed by atoms with van der Waals surface area (Å²) >= 11 is 0. The van der Waals surface area contributed by atoms with Crippen LogP contribution in [-0.2, 0) is 11.4 Å². The summed E-state index contributed by atoms with van der Waals surface area (Å²) in [5.41, 5.74) is 2.17. The summed E-state index contributed by atoms with van der Waals surface area (Å²) < 4.78 is 14.3. The lowest BCUT2D eigenvalue weighted by Crippen LogP contribution is -2.38. The maximum absolute atomic E-state index is 14.3. The van der Waals surface area contributed by atoms with E-state index in [4.69, 9.17) is 5.11 Å². The van der Waals surface area contributed by atoms with Crippen molar-refractivity contribution in [2.75, 3.05) is 7.05 Å². The van der Waals surface area contributed by atoms with Crippen LogP contribution < -0.4 is 5.32 Å². The van der Waals surface area contributed by atoms with Gasteiger partial charge >= 0.3 is 0 Å². The standard InChI is InChI=1S/C23H27FN2O3/c1-3-22(28)25-18-9-10-19(13-18)26(2)23(29)17-7-5-16(6-8-17)20-11-4-15(14-27)12-21(20)24/h4-8,11-12,18-19,27H,3,9-10,13-14H2,1-2H3,(H,25,28)/t18-,19+/m1/s1. The molecule has 1 aliphatic carbocycles. The van der Waals surface area contributed by atoms with Crippen LogP contribution in [0.3, 0.4) is 0 Å². The fourth-order valence-electron chi connectivity index (χ4n) is 3.82. The van der Waals surface area contributed by atoms with Crippen molar-refractivity contribution in [3.05, 3.63) is 59.4 Å². The molecular formula is C23H27FN2O3. The number of rotatable bonds is 6. The zero-order chi connectivity index (χ0) is 21.0. The van der Waals surface area contributed by atoms with E-state index < -0.39 is 5.82 Å². The maximum Gasteiger partial charge on any atom is 0.253 e. The van der Waals surface area contributed by atoms with Crippen molar-refractivity contribution in [2.24, 2.45) is 0 Å². The summed E-state index contributed by atoms with van der Waals surface area (Å²) in [7, 11) is 1.79. The van der Waals surface area contributed by atoms with Crippen LogP contribution in [-0.4, -0.2) is 41.0 Å². The molecule has 0 unspecified atom stereocenters. The van der Waals surface area contributed by atoms with Gasteiger partial charge in [0, 0.05) is 36.7 Å². The lowest BCUT2D eigenvalue weighted by Gasteiger charge is -2.25. The zero-order valence-electron chi connectivity index (χ0n) is 16.8. The molecule has 2 N–H and O–H groups in total. The number of benzene rings is 2. The van der Waals surface area contributed by atoms with Crippen molar-refractivity contribution in [3.63, 3.8) is 0 Å². The minimum Gasteiger partial charge on any atom is -0.392 e. The third-order valence-electron chi connectivity index (χ3n) is 5.62. The van der Waals surface area contributed by atoms with Gasteiger partial charge in [0.15, 0.2) is 0 Å². The molecule has 0 aromatic heterocycles. The Hall–Kier alpha value is -2.73. The van der Waals surface area contributed by atoms with Gasteiger partial charge in [-0.25, -0.2) is 4.39 Å². The molecule has 0 aliphatic heterocycles. The Kier molecular flexibility index (Phi) is 6.64. The van der Waals surface area contributed by atoms with Gasteiger partial charge in [-0.2, -0.15) is 0 Å². The average Bonchev–Trinajstić information content (AvgIpc) is 3.21. The van der Waals surface area contributed by atoms with Crippen LogP contribution in [0.5, 0.6) is 0 Å². The largest absolute Gasteiger partial charge is 0.392 e. The molecule has 154 valence electrons. The molecule has 3 rings (SSSR count). The number of nitrogens with zero attached hydrogens (tertiary/aromatic N) is 1. The van der Waals surface area contributed by atoms with Crippen LogP contribution >= 0.6 is 0 Å². The predicted octanol–water partition coefficient (Wildman–Crippen LogP) is 3.50. The molecule has 0 heterocycles. The first-order chi connectivity index (χ1) is 13.9. The first kappa shape index (κ1) is 21.0. The van der Waals surface area contributed by atoms with E-state index in [1.54, 1.807) is 48.3 Å². The normalized spacial score (nSPS) is 18.5. The highest BCUT2D eigenvalue weighted by Gasteiger charge is 2.30. The van der Waals surface area contributed by atoms with Crippen LogP contribution in [0.25, 0.3) is 11.1 Å². The molecule has 0 spiro atoms. The Balaban J connectivity index is 1.67. The maximum atomic E-state index is 14.3. The molecule has 2 aromatic rings. The number of aliphatic hydroxyl groups is 1. The quantitative estimate of drug-likeness (QED) is 0.782. The summed E-state index contributed by atoms with van der Waals surface area (Å²) in [4.78, 5) is 26.2. The number of nitrogens with one attached hydrogen (secondary N) is 1. The molecule has 1 aliphatic rings. The molecule has 1 saturated carbocycles. The highest BCUT2D eigenvalue weighted by Crippen LogP contribution is 2.27. The van der Waals surface area contributed by atoms with Crippen molar-refractivity contribution < 1.29 is 19.1 Å². The van der Waals surface area contributed by atoms with E-state index in [0.29, 0.717) is 28.7 Å². The molecule has 0 radical (unpaired) electrons. The fraction of sp³-hybridized carbons (Fsp3) is 0.391. The molecule has 2 atom stereocenters. The summed E-state index contributed by atoms with van der Waals surface area (Å²) in [6, 6.07) is 11.7. The van der Waals surface area contributed by atoms with Gasteiger partial charge in [0.1, 0.15) is 5.82 Å². The lowest BCUT2D eigenvalue weighted by molar-refractivity contribution is -0.121. The van der Waals surface area contributed by atoms with Crippen LogP contribution in [0.2, 0.25) is 0 Å². The van der Waals surface area contributed by atoms with Gasteiger partial charge in [0.2, 0.25) is 5.91 Å². The average molecular weight is 398 g/mol. The van der Waals surface area contributed by atoms with Gasteiger partial charge in [0.25, 0.3) is 5.91 Å². The van der Waals surface area contributed by atoms with E-state index in [0.717, 1.165) is 19.3 Å². The highest BCUT2D eigenvalue weighted by molar-refractivity contribution is 5.94. The molecule has 2 aromatic carbocycles. The number of carbonyl (C=O) groups is 2. The molecular weight excluding hydrogens is 371 g/mol. The molecule has 2 amide bonds. The molecule has 1 fully saturated rings. The van der Waals surface area contributed by atoms with Gasteiger partial charge in [-0.15, -0.1) is 0 Å². The summed E-state index contributed by atoms with van der Waals surface area (Å²) in [5, 5.41) is 12.1. The third-order valence-corrected chi connectivity index (χ3v) is 5.62. The van der Waals surface area contributed by atoms with Crippen molar-refractivity contribution in [2.45, 2.75) is 51.3 Å². The second-order valence-electron chi connectivity index (χ2n) is 7.55. The van der Waals surface area contributed by atoms with Gasteiger partial charge in [-0.3, -0.25) is 9.59 Å². The first-order valence-corrected chi connectivity index (χ1v) is 9.99. The van der Waals surface area contributed by atoms with Crippen LogP contribution in [0.1, 0.15) is 48.5 Å². The van der Waals surface area contributed by atoms with E-state index in [-0.39, 0.29) is 30.5 Å². The predicted molar refractivity (Wildman–Crippen MR) is 110 cm³/mol. The Labute approximate surface area is 170 Å². The summed E-state index contributed by atoms with van der Waals surface area (Å²) in [6.45, 7) is 1.62. The van der Waals surface area contributed by atoms with Gasteiger partial charge in [-0.05, 0) is 48.6 Å². The van der Waals surface area contributed by atoms with Gasteiger partial charge in [0.05, 0.1) is 6.61 Å². The highest BCUT2D eigenvalue weighted by atomic mass is 19.1. The second-order valence-corrected chi connectivity index (χ2v) is 7.55. The Morgan fingerprint density at radius 2 is 1.90 bits per heavy atom. The summed E-state index contributed by atoms with van der Waals surface area (Å²) in [6.07, 6.45) is 2.95. The Morgan fingerprint density at radius 3 is 2.52 bits per heavy atom. The van der Waals surface area contributed by atoms with E-state index in [9.17, 15) is 14.0 Å². The van der Waals surface area contributed by atoms with Crippen molar-refractivity contribution in [3.8, 4) is 11.1 Å². The van der Waals surface area contributed by atoms with E-state index in [2.05, 4.69) is 5.32 Å². The second kappa shape index (κ2) is 9.18. The SMILES string of the molecule is CCC(=O)N[C@@H]1CC[C@H](N(C)C(=O)c2ccc(-c3ccc(CO)cc3F)cc2)C1. The number of hydrogen-bond donors (Lipinski definition) is 2. The van der Waals surface area contributed by atoms with Crippen LogP contribution in [0.4, 0.5) is 4.39 Å². The molecule has 6 heteroatoms. The third kappa shape index (κ3) is 4.82. The van der Waals surface area contributed by atoms with E-state index in [1.807, 2.05) is 6.92 Å². The van der Waals surface area contributed by atoms with Crippen LogP contribution in [0, 0.1) is 5.82 Å².